The maximum absolute atomic E-state index is 11.3. The minimum Gasteiger partial charge on any atom is -0.444 e. The van der Waals surface area contributed by atoms with Gasteiger partial charge in [0.05, 0.1) is 11.5 Å². The highest BCUT2D eigenvalue weighted by Crippen LogP contribution is 2.22. The highest BCUT2D eigenvalue weighted by atomic mass is 32.2. The molecule has 1 rings (SSSR count). The van der Waals surface area contributed by atoms with Crippen molar-refractivity contribution in [2.45, 2.75) is 31.9 Å². The Kier molecular flexibility index (Phi) is 3.02. The molecule has 1 aliphatic heterocycles. The SMILES string of the molecule is CC(C)(C)OC(=O)NC1(C=O)CS(=O)(=O)C1. The van der Waals surface area contributed by atoms with Crippen molar-refractivity contribution in [3.63, 3.8) is 0 Å². The van der Waals surface area contributed by atoms with Crippen LogP contribution in [0.2, 0.25) is 0 Å². The van der Waals surface area contributed by atoms with Crippen LogP contribution in [0.4, 0.5) is 4.79 Å². The first-order valence-electron chi connectivity index (χ1n) is 4.75. The first kappa shape index (κ1) is 13.0. The molecule has 7 heteroatoms. The van der Waals surface area contributed by atoms with Gasteiger partial charge in [-0.1, -0.05) is 0 Å². The summed E-state index contributed by atoms with van der Waals surface area (Å²) in [7, 11) is -3.19. The lowest BCUT2D eigenvalue weighted by atomic mass is 10.1. The second-order valence-electron chi connectivity index (χ2n) is 4.93. The number of alkyl carbamates (subject to hydrolysis) is 1. The molecule has 0 unspecified atom stereocenters. The van der Waals surface area contributed by atoms with Crippen LogP contribution in [-0.2, 0) is 19.4 Å². The molecule has 16 heavy (non-hydrogen) atoms. The van der Waals surface area contributed by atoms with Gasteiger partial charge in [0.15, 0.2) is 9.84 Å². The minimum atomic E-state index is -3.19. The minimum absolute atomic E-state index is 0.358. The average molecular weight is 249 g/mol. The molecule has 92 valence electrons. The van der Waals surface area contributed by atoms with Crippen LogP contribution >= 0.6 is 0 Å². The lowest BCUT2D eigenvalue weighted by molar-refractivity contribution is -0.112. The molecule has 1 amide bonds. The zero-order valence-electron chi connectivity index (χ0n) is 9.44. The Labute approximate surface area is 94.3 Å². The maximum atomic E-state index is 11.3. The van der Waals surface area contributed by atoms with Gasteiger partial charge in [-0.2, -0.15) is 0 Å². The number of nitrogens with one attached hydrogen (secondary N) is 1. The number of ether oxygens (including phenoxy) is 1. The summed E-state index contributed by atoms with van der Waals surface area (Å²) in [5.41, 5.74) is -1.99. The normalized spacial score (nSPS) is 21.7. The van der Waals surface area contributed by atoms with Crippen LogP contribution in [0.5, 0.6) is 0 Å². The molecular formula is C9H15NO5S. The molecule has 0 saturated carbocycles. The Morgan fingerprint density at radius 1 is 1.38 bits per heavy atom. The Bertz CT molecular complexity index is 394. The zero-order valence-corrected chi connectivity index (χ0v) is 10.3. The molecule has 0 atom stereocenters. The number of rotatable bonds is 2. The van der Waals surface area contributed by atoms with Crippen molar-refractivity contribution in [3.05, 3.63) is 0 Å². The Morgan fingerprint density at radius 3 is 2.19 bits per heavy atom. The Hall–Kier alpha value is -1.11. The van der Waals surface area contributed by atoms with Gasteiger partial charge in [-0.15, -0.1) is 0 Å². The van der Waals surface area contributed by atoms with E-state index in [-0.39, 0.29) is 11.5 Å². The molecule has 1 heterocycles. The number of hydrogen-bond acceptors (Lipinski definition) is 5. The van der Waals surface area contributed by atoms with Gasteiger partial charge >= 0.3 is 6.09 Å². The van der Waals surface area contributed by atoms with Crippen molar-refractivity contribution in [1.29, 1.82) is 0 Å². The average Bonchev–Trinajstić information content (AvgIpc) is 1.96. The molecule has 1 aliphatic rings. The fourth-order valence-electron chi connectivity index (χ4n) is 1.42. The molecule has 0 aliphatic carbocycles. The van der Waals surface area contributed by atoms with Crippen LogP contribution in [-0.4, -0.2) is 43.4 Å². The summed E-state index contributed by atoms with van der Waals surface area (Å²) in [5, 5.41) is 2.28. The number of amides is 1. The van der Waals surface area contributed by atoms with E-state index in [4.69, 9.17) is 4.74 Å². The van der Waals surface area contributed by atoms with Crippen molar-refractivity contribution in [3.8, 4) is 0 Å². The van der Waals surface area contributed by atoms with Gasteiger partial charge in [0, 0.05) is 0 Å². The standard InChI is InChI=1S/C9H15NO5S/c1-8(2,3)15-7(12)10-9(4-11)5-16(13,14)6-9/h4H,5-6H2,1-3H3,(H,10,12). The van der Waals surface area contributed by atoms with E-state index in [9.17, 15) is 18.0 Å². The molecule has 0 radical (unpaired) electrons. The third kappa shape index (κ3) is 3.19. The summed E-state index contributed by atoms with van der Waals surface area (Å²) in [6.45, 7) is 5.03. The van der Waals surface area contributed by atoms with Crippen LogP contribution in [0.1, 0.15) is 20.8 Å². The largest absolute Gasteiger partial charge is 0.444 e. The summed E-state index contributed by atoms with van der Waals surface area (Å²) in [5.74, 6) is -0.717. The first-order chi connectivity index (χ1) is 7.08. The third-order valence-electron chi connectivity index (χ3n) is 1.93. The molecular weight excluding hydrogens is 234 g/mol. The Balaban J connectivity index is 2.60. The fourth-order valence-corrected chi connectivity index (χ4v) is 3.18. The monoisotopic (exact) mass is 249 g/mol. The predicted molar refractivity (Wildman–Crippen MR) is 56.8 cm³/mol. The molecule has 0 aromatic rings. The number of carbonyl (C=O) groups is 2. The van der Waals surface area contributed by atoms with Crippen LogP contribution in [0, 0.1) is 0 Å². The van der Waals surface area contributed by atoms with E-state index >= 15 is 0 Å². The maximum Gasteiger partial charge on any atom is 0.408 e. The smallest absolute Gasteiger partial charge is 0.408 e. The highest BCUT2D eigenvalue weighted by Gasteiger charge is 2.50. The van der Waals surface area contributed by atoms with E-state index in [0.29, 0.717) is 6.29 Å². The summed E-state index contributed by atoms with van der Waals surface area (Å²) in [4.78, 5) is 22.1. The molecule has 0 aromatic carbocycles. The van der Waals surface area contributed by atoms with Crippen molar-refractivity contribution in [1.82, 2.24) is 5.32 Å². The molecule has 0 spiro atoms. The van der Waals surface area contributed by atoms with E-state index in [0.717, 1.165) is 0 Å². The van der Waals surface area contributed by atoms with E-state index in [2.05, 4.69) is 5.32 Å². The predicted octanol–water partition coefficient (Wildman–Crippen LogP) is -0.123. The van der Waals surface area contributed by atoms with Gasteiger partial charge in [-0.05, 0) is 20.8 Å². The van der Waals surface area contributed by atoms with Crippen molar-refractivity contribution in [2.75, 3.05) is 11.5 Å². The summed E-state index contributed by atoms with van der Waals surface area (Å²) < 4.78 is 26.9. The first-order valence-corrected chi connectivity index (χ1v) is 6.58. The summed E-state index contributed by atoms with van der Waals surface area (Å²) in [6.07, 6.45) is -0.340. The molecule has 0 bridgehead atoms. The molecule has 1 saturated heterocycles. The van der Waals surface area contributed by atoms with Crippen LogP contribution in [0.15, 0.2) is 0 Å². The number of carbonyl (C=O) groups excluding carboxylic acids is 2. The van der Waals surface area contributed by atoms with E-state index in [1.807, 2.05) is 0 Å². The number of sulfone groups is 1. The number of aldehydes is 1. The second-order valence-corrected chi connectivity index (χ2v) is 7.00. The van der Waals surface area contributed by atoms with Gasteiger partial charge in [0.2, 0.25) is 0 Å². The van der Waals surface area contributed by atoms with Gasteiger partial charge in [-0.3, -0.25) is 0 Å². The summed E-state index contributed by atoms with van der Waals surface area (Å²) >= 11 is 0. The van der Waals surface area contributed by atoms with Crippen molar-refractivity contribution >= 4 is 22.2 Å². The Morgan fingerprint density at radius 2 is 1.88 bits per heavy atom. The highest BCUT2D eigenvalue weighted by molar-refractivity contribution is 7.93. The molecule has 6 nitrogen and oxygen atoms in total. The lowest BCUT2D eigenvalue weighted by Gasteiger charge is -2.36. The number of hydrogen-bond donors (Lipinski definition) is 1. The van der Waals surface area contributed by atoms with Crippen molar-refractivity contribution in [2.24, 2.45) is 0 Å². The molecule has 1 N–H and O–H groups in total. The van der Waals surface area contributed by atoms with Gasteiger partial charge < -0.3 is 14.8 Å². The fraction of sp³-hybridized carbons (Fsp3) is 0.778. The van der Waals surface area contributed by atoms with Crippen LogP contribution < -0.4 is 5.32 Å². The molecule has 0 aromatic heterocycles. The van der Waals surface area contributed by atoms with Gasteiger partial charge in [0.25, 0.3) is 0 Å². The van der Waals surface area contributed by atoms with Crippen molar-refractivity contribution < 1.29 is 22.7 Å². The topological polar surface area (TPSA) is 89.5 Å². The van der Waals surface area contributed by atoms with Crippen LogP contribution in [0.3, 0.4) is 0 Å². The quantitative estimate of drug-likeness (QED) is 0.689. The van der Waals surface area contributed by atoms with Gasteiger partial charge in [-0.25, -0.2) is 13.2 Å². The van der Waals surface area contributed by atoms with Crippen LogP contribution in [0.25, 0.3) is 0 Å². The van der Waals surface area contributed by atoms with E-state index in [1.165, 1.54) is 0 Å². The zero-order chi connectivity index (χ0) is 12.6. The van der Waals surface area contributed by atoms with Gasteiger partial charge in [0.1, 0.15) is 17.4 Å². The van der Waals surface area contributed by atoms with E-state index in [1.54, 1.807) is 20.8 Å². The lowest BCUT2D eigenvalue weighted by Crippen LogP contribution is -2.67. The second kappa shape index (κ2) is 3.73. The molecule has 1 fully saturated rings. The third-order valence-corrected chi connectivity index (χ3v) is 3.84. The summed E-state index contributed by atoms with van der Waals surface area (Å²) in [6, 6.07) is 0. The van der Waals surface area contributed by atoms with E-state index < -0.39 is 27.1 Å².